The summed E-state index contributed by atoms with van der Waals surface area (Å²) in [6.45, 7) is 3.81. The Bertz CT molecular complexity index is 388. The fourth-order valence-corrected chi connectivity index (χ4v) is 2.50. The predicted molar refractivity (Wildman–Crippen MR) is 59.1 cm³/mol. The maximum absolute atomic E-state index is 6.24. The van der Waals surface area contributed by atoms with Crippen LogP contribution in [0.25, 0.3) is 0 Å². The van der Waals surface area contributed by atoms with Crippen molar-refractivity contribution in [2.45, 2.75) is 32.6 Å². The van der Waals surface area contributed by atoms with Crippen LogP contribution in [0.3, 0.4) is 0 Å². The Morgan fingerprint density at radius 2 is 2.07 bits per heavy atom. The monoisotopic (exact) mass is 203 g/mol. The molecule has 2 heteroatoms. The molecule has 0 amide bonds. The summed E-state index contributed by atoms with van der Waals surface area (Å²) in [5.74, 6) is 1.51. The number of hydrogen-bond donors (Lipinski definition) is 1. The highest BCUT2D eigenvalue weighted by atomic mass is 16.5. The minimum atomic E-state index is 0.228. The van der Waals surface area contributed by atoms with E-state index >= 15 is 0 Å². The molecule has 0 radical (unpaired) electrons. The Labute approximate surface area is 90.4 Å². The van der Waals surface area contributed by atoms with Gasteiger partial charge in [-0.15, -0.1) is 0 Å². The number of fused-ring (bicyclic) bond motifs is 1. The van der Waals surface area contributed by atoms with Gasteiger partial charge in [0.1, 0.15) is 0 Å². The smallest absolute Gasteiger partial charge is 0.0725 e. The van der Waals surface area contributed by atoms with Crippen LogP contribution in [0.2, 0.25) is 0 Å². The minimum Gasteiger partial charge on any atom is -0.372 e. The van der Waals surface area contributed by atoms with Crippen LogP contribution in [0, 0.1) is 11.8 Å². The van der Waals surface area contributed by atoms with Gasteiger partial charge in [-0.3, -0.25) is 0 Å². The van der Waals surface area contributed by atoms with Crippen LogP contribution in [0.4, 0.5) is 0 Å². The van der Waals surface area contributed by atoms with Crippen LogP contribution < -0.4 is 5.73 Å². The number of ether oxygens (including phenoxy) is 1. The highest BCUT2D eigenvalue weighted by Crippen LogP contribution is 2.46. The molecule has 3 unspecified atom stereocenters. The molecule has 0 bridgehead atoms. The summed E-state index contributed by atoms with van der Waals surface area (Å²) < 4.78 is 5.41. The van der Waals surface area contributed by atoms with Crippen LogP contribution in [-0.4, -0.2) is 0 Å². The fourth-order valence-electron chi connectivity index (χ4n) is 2.50. The van der Waals surface area contributed by atoms with Gasteiger partial charge in [0.05, 0.1) is 13.2 Å². The zero-order valence-electron chi connectivity index (χ0n) is 9.07. The third-order valence-electron chi connectivity index (χ3n) is 3.76. The van der Waals surface area contributed by atoms with Gasteiger partial charge in [-0.2, -0.15) is 0 Å². The molecule has 0 spiro atoms. The Morgan fingerprint density at radius 3 is 2.80 bits per heavy atom. The molecule has 3 atom stereocenters. The third-order valence-corrected chi connectivity index (χ3v) is 3.76. The molecule has 2 nitrogen and oxygen atoms in total. The minimum absolute atomic E-state index is 0.228. The SMILES string of the molecule is CC1CC1C(N)c1ccc2c(c1)COC2. The zero-order chi connectivity index (χ0) is 10.4. The molecule has 1 aliphatic carbocycles. The predicted octanol–water partition coefficient (Wildman–Crippen LogP) is 2.37. The Kier molecular flexibility index (Phi) is 2.08. The van der Waals surface area contributed by atoms with Gasteiger partial charge in [-0.05, 0) is 34.9 Å². The Morgan fingerprint density at radius 1 is 1.33 bits per heavy atom. The number of nitrogens with two attached hydrogens (primary N) is 1. The summed E-state index contributed by atoms with van der Waals surface area (Å²) in [4.78, 5) is 0. The average Bonchev–Trinajstić information content (AvgIpc) is 2.80. The lowest BCUT2D eigenvalue weighted by Crippen LogP contribution is -2.13. The van der Waals surface area contributed by atoms with Crippen LogP contribution in [0.1, 0.15) is 36.1 Å². The zero-order valence-corrected chi connectivity index (χ0v) is 9.07. The van der Waals surface area contributed by atoms with Crippen LogP contribution in [0.5, 0.6) is 0 Å². The lowest BCUT2D eigenvalue weighted by atomic mass is 9.98. The van der Waals surface area contributed by atoms with Gasteiger partial charge in [0.25, 0.3) is 0 Å². The van der Waals surface area contributed by atoms with Gasteiger partial charge in [0, 0.05) is 6.04 Å². The summed E-state index contributed by atoms with van der Waals surface area (Å²) >= 11 is 0. The van der Waals surface area contributed by atoms with Crippen molar-refractivity contribution in [2.75, 3.05) is 0 Å². The molecule has 15 heavy (non-hydrogen) atoms. The number of hydrogen-bond acceptors (Lipinski definition) is 2. The Balaban J connectivity index is 1.86. The van der Waals surface area contributed by atoms with E-state index in [2.05, 4.69) is 25.1 Å². The van der Waals surface area contributed by atoms with Gasteiger partial charge in [0.15, 0.2) is 0 Å². The molecule has 80 valence electrons. The fraction of sp³-hybridized carbons (Fsp3) is 0.538. The number of rotatable bonds is 2. The first kappa shape index (κ1) is 9.37. The third kappa shape index (κ3) is 1.58. The molecule has 1 heterocycles. The lowest BCUT2D eigenvalue weighted by molar-refractivity contribution is 0.134. The molecule has 0 aromatic heterocycles. The summed E-state index contributed by atoms with van der Waals surface area (Å²) in [7, 11) is 0. The second kappa shape index (κ2) is 3.32. The molecule has 2 N–H and O–H groups in total. The normalized spacial score (nSPS) is 30.0. The summed E-state index contributed by atoms with van der Waals surface area (Å²) in [5, 5.41) is 0. The second-order valence-corrected chi connectivity index (χ2v) is 4.92. The molecule has 1 saturated carbocycles. The van der Waals surface area contributed by atoms with Crippen molar-refractivity contribution in [3.8, 4) is 0 Å². The maximum Gasteiger partial charge on any atom is 0.0725 e. The van der Waals surface area contributed by atoms with E-state index in [4.69, 9.17) is 10.5 Å². The van der Waals surface area contributed by atoms with E-state index in [-0.39, 0.29) is 6.04 Å². The largest absolute Gasteiger partial charge is 0.372 e. The lowest BCUT2D eigenvalue weighted by Gasteiger charge is -2.12. The molecule has 1 fully saturated rings. The van der Waals surface area contributed by atoms with Gasteiger partial charge in [-0.1, -0.05) is 25.1 Å². The molecule has 3 rings (SSSR count). The number of benzene rings is 1. The first-order chi connectivity index (χ1) is 7.25. The highest BCUT2D eigenvalue weighted by molar-refractivity contribution is 5.35. The van der Waals surface area contributed by atoms with Crippen molar-refractivity contribution < 1.29 is 4.74 Å². The van der Waals surface area contributed by atoms with Gasteiger partial charge >= 0.3 is 0 Å². The molecule has 1 aromatic carbocycles. The first-order valence-corrected chi connectivity index (χ1v) is 5.71. The maximum atomic E-state index is 6.24. The van der Waals surface area contributed by atoms with E-state index in [1.54, 1.807) is 0 Å². The topological polar surface area (TPSA) is 35.2 Å². The average molecular weight is 203 g/mol. The first-order valence-electron chi connectivity index (χ1n) is 5.71. The summed E-state index contributed by atoms with van der Waals surface area (Å²) in [6.07, 6.45) is 1.29. The van der Waals surface area contributed by atoms with Crippen molar-refractivity contribution in [2.24, 2.45) is 17.6 Å². The van der Waals surface area contributed by atoms with Crippen LogP contribution in [0.15, 0.2) is 18.2 Å². The molecule has 1 aromatic rings. The van der Waals surface area contributed by atoms with E-state index in [1.807, 2.05) is 0 Å². The summed E-state index contributed by atoms with van der Waals surface area (Å²) in [5.41, 5.74) is 10.2. The van der Waals surface area contributed by atoms with Gasteiger partial charge in [0.2, 0.25) is 0 Å². The Hall–Kier alpha value is -0.860. The quantitative estimate of drug-likeness (QED) is 0.801. The van der Waals surface area contributed by atoms with Gasteiger partial charge in [-0.25, -0.2) is 0 Å². The van der Waals surface area contributed by atoms with Crippen molar-refractivity contribution in [1.29, 1.82) is 0 Å². The molecule has 1 aliphatic heterocycles. The summed E-state index contributed by atoms with van der Waals surface area (Å²) in [6, 6.07) is 6.80. The van der Waals surface area contributed by atoms with Crippen LogP contribution in [-0.2, 0) is 18.0 Å². The van der Waals surface area contributed by atoms with Crippen LogP contribution >= 0.6 is 0 Å². The molecular formula is C13H17NO. The van der Waals surface area contributed by atoms with E-state index in [1.165, 1.54) is 23.1 Å². The molecule has 0 saturated heterocycles. The van der Waals surface area contributed by atoms with Gasteiger partial charge < -0.3 is 10.5 Å². The van der Waals surface area contributed by atoms with Crippen molar-refractivity contribution >= 4 is 0 Å². The highest BCUT2D eigenvalue weighted by Gasteiger charge is 2.38. The van der Waals surface area contributed by atoms with Crippen molar-refractivity contribution in [1.82, 2.24) is 0 Å². The molecular weight excluding hydrogens is 186 g/mol. The van der Waals surface area contributed by atoms with E-state index < -0.39 is 0 Å². The van der Waals surface area contributed by atoms with E-state index in [9.17, 15) is 0 Å². The van der Waals surface area contributed by atoms with Crippen molar-refractivity contribution in [3.63, 3.8) is 0 Å². The standard InChI is InChI=1S/C13H17NO/c1-8-4-12(8)13(14)9-2-3-10-6-15-7-11(10)5-9/h2-3,5,8,12-13H,4,6-7,14H2,1H3. The van der Waals surface area contributed by atoms with Crippen molar-refractivity contribution in [3.05, 3.63) is 34.9 Å². The second-order valence-electron chi connectivity index (χ2n) is 4.92. The van der Waals surface area contributed by atoms with E-state index in [0.717, 1.165) is 19.1 Å². The van der Waals surface area contributed by atoms with E-state index in [0.29, 0.717) is 5.92 Å². The molecule has 2 aliphatic rings.